The summed E-state index contributed by atoms with van der Waals surface area (Å²) in [5.41, 5.74) is 9.15. The zero-order chi connectivity index (χ0) is 13.2. The number of rotatable bonds is 2. The second kappa shape index (κ2) is 5.09. The number of aromatic nitrogens is 1. The molecule has 2 heterocycles. The van der Waals surface area contributed by atoms with E-state index < -0.39 is 0 Å². The third-order valence-corrected chi connectivity index (χ3v) is 4.45. The number of para-hydroxylation sites is 2. The number of benzene rings is 1. The van der Waals surface area contributed by atoms with E-state index in [0.717, 1.165) is 48.4 Å². The van der Waals surface area contributed by atoms with Gasteiger partial charge < -0.3 is 15.5 Å². The van der Waals surface area contributed by atoms with Crippen molar-refractivity contribution in [3.05, 3.63) is 35.3 Å². The fourth-order valence-corrected chi connectivity index (χ4v) is 3.26. The Morgan fingerprint density at radius 1 is 1.11 bits per heavy atom. The lowest BCUT2D eigenvalue weighted by Crippen LogP contribution is -2.46. The first-order valence-corrected chi connectivity index (χ1v) is 7.38. The molecular weight excluding hydrogens is 256 g/mol. The van der Waals surface area contributed by atoms with Crippen molar-refractivity contribution in [3.63, 3.8) is 0 Å². The van der Waals surface area contributed by atoms with Crippen molar-refractivity contribution < 1.29 is 0 Å². The highest BCUT2D eigenvalue weighted by molar-refractivity contribution is 7.13. The quantitative estimate of drug-likeness (QED) is 0.854. The third kappa shape index (κ3) is 2.51. The monoisotopic (exact) mass is 274 g/mol. The average Bonchev–Trinajstić information content (AvgIpc) is 2.86. The molecule has 0 atom stereocenters. The minimum absolute atomic E-state index is 0.862. The molecule has 4 nitrogen and oxygen atoms in total. The number of thiazole rings is 1. The molecular formula is C14H18N4S. The van der Waals surface area contributed by atoms with Gasteiger partial charge in [-0.2, -0.15) is 0 Å². The predicted molar refractivity (Wildman–Crippen MR) is 82.1 cm³/mol. The van der Waals surface area contributed by atoms with Crippen LogP contribution >= 0.6 is 11.3 Å². The lowest BCUT2D eigenvalue weighted by Gasteiger charge is -2.36. The van der Waals surface area contributed by atoms with Gasteiger partial charge in [0.2, 0.25) is 0 Å². The maximum Gasteiger partial charge on any atom is 0.185 e. The molecule has 1 aromatic carbocycles. The molecule has 0 unspecified atom stereocenters. The van der Waals surface area contributed by atoms with Crippen molar-refractivity contribution in [2.75, 3.05) is 41.7 Å². The molecule has 3 rings (SSSR count). The largest absolute Gasteiger partial charge is 0.397 e. The highest BCUT2D eigenvalue weighted by Crippen LogP contribution is 2.26. The molecule has 0 bridgehead atoms. The highest BCUT2D eigenvalue weighted by atomic mass is 32.1. The fraction of sp³-hybridized carbons (Fsp3) is 0.357. The molecule has 1 fully saturated rings. The topological polar surface area (TPSA) is 45.4 Å². The van der Waals surface area contributed by atoms with Gasteiger partial charge in [0.1, 0.15) is 0 Å². The first kappa shape index (κ1) is 12.3. The minimum Gasteiger partial charge on any atom is -0.397 e. The summed E-state index contributed by atoms with van der Waals surface area (Å²) in [7, 11) is 0. The van der Waals surface area contributed by atoms with Crippen LogP contribution in [-0.4, -0.2) is 31.2 Å². The molecule has 0 aliphatic carbocycles. The lowest BCUT2D eigenvalue weighted by molar-refractivity contribution is 0.652. The summed E-state index contributed by atoms with van der Waals surface area (Å²) in [5, 5.41) is 3.25. The van der Waals surface area contributed by atoms with E-state index in [1.165, 1.54) is 0 Å². The summed E-state index contributed by atoms with van der Waals surface area (Å²) in [4.78, 5) is 9.26. The number of anilines is 3. The maximum absolute atomic E-state index is 6.03. The van der Waals surface area contributed by atoms with Crippen LogP contribution in [0, 0.1) is 6.92 Å². The van der Waals surface area contributed by atoms with Gasteiger partial charge in [0.25, 0.3) is 0 Å². The molecule has 0 saturated carbocycles. The summed E-state index contributed by atoms with van der Waals surface area (Å²) in [5.74, 6) is 0. The minimum atomic E-state index is 0.862. The summed E-state index contributed by atoms with van der Waals surface area (Å²) < 4.78 is 0. The Balaban J connectivity index is 1.68. The molecule has 1 saturated heterocycles. The van der Waals surface area contributed by atoms with Crippen LogP contribution in [0.2, 0.25) is 0 Å². The Morgan fingerprint density at radius 3 is 2.42 bits per heavy atom. The number of piperazine rings is 1. The second-order valence-electron chi connectivity index (χ2n) is 4.80. The van der Waals surface area contributed by atoms with Crippen LogP contribution in [0.1, 0.15) is 5.69 Å². The van der Waals surface area contributed by atoms with Gasteiger partial charge in [-0.3, -0.25) is 0 Å². The molecule has 100 valence electrons. The van der Waals surface area contributed by atoms with E-state index in [0.29, 0.717) is 0 Å². The van der Waals surface area contributed by atoms with Crippen LogP contribution in [0.5, 0.6) is 0 Å². The van der Waals surface area contributed by atoms with Crippen LogP contribution in [0.3, 0.4) is 0 Å². The van der Waals surface area contributed by atoms with E-state index in [1.54, 1.807) is 11.3 Å². The van der Waals surface area contributed by atoms with Crippen molar-refractivity contribution in [3.8, 4) is 0 Å². The summed E-state index contributed by atoms with van der Waals surface area (Å²) in [6.07, 6.45) is 0. The maximum atomic E-state index is 6.03. The van der Waals surface area contributed by atoms with Crippen molar-refractivity contribution in [2.45, 2.75) is 6.92 Å². The van der Waals surface area contributed by atoms with E-state index in [9.17, 15) is 0 Å². The van der Waals surface area contributed by atoms with Gasteiger partial charge in [-0.15, -0.1) is 11.3 Å². The number of nitrogens with two attached hydrogens (primary N) is 1. The molecule has 2 N–H and O–H groups in total. The molecule has 5 heteroatoms. The first-order valence-electron chi connectivity index (χ1n) is 6.50. The van der Waals surface area contributed by atoms with E-state index in [-0.39, 0.29) is 0 Å². The Kier molecular flexibility index (Phi) is 3.29. The second-order valence-corrected chi connectivity index (χ2v) is 5.64. The Bertz CT molecular complexity index is 558. The van der Waals surface area contributed by atoms with Gasteiger partial charge in [0.05, 0.1) is 17.1 Å². The third-order valence-electron chi connectivity index (χ3n) is 3.43. The van der Waals surface area contributed by atoms with Crippen LogP contribution in [0.25, 0.3) is 0 Å². The highest BCUT2D eigenvalue weighted by Gasteiger charge is 2.20. The Hall–Kier alpha value is -1.75. The fourth-order valence-electron chi connectivity index (χ4n) is 2.40. The van der Waals surface area contributed by atoms with E-state index >= 15 is 0 Å². The van der Waals surface area contributed by atoms with Gasteiger partial charge in [0.15, 0.2) is 5.13 Å². The van der Waals surface area contributed by atoms with Crippen molar-refractivity contribution in [2.24, 2.45) is 0 Å². The van der Waals surface area contributed by atoms with E-state index in [2.05, 4.69) is 26.2 Å². The van der Waals surface area contributed by atoms with Crippen LogP contribution in [0.15, 0.2) is 29.6 Å². The van der Waals surface area contributed by atoms with E-state index in [1.807, 2.05) is 25.1 Å². The van der Waals surface area contributed by atoms with Gasteiger partial charge in [-0.25, -0.2) is 4.98 Å². The Morgan fingerprint density at radius 2 is 1.79 bits per heavy atom. The van der Waals surface area contributed by atoms with Crippen LogP contribution in [-0.2, 0) is 0 Å². The number of nitrogens with zero attached hydrogens (tertiary/aromatic N) is 3. The standard InChI is InChI=1S/C14H18N4S/c1-11-10-19-14(16-11)18-8-6-17(7-9-18)13-5-3-2-4-12(13)15/h2-5,10H,6-9,15H2,1H3. The molecule has 0 spiro atoms. The molecule has 1 aromatic heterocycles. The van der Waals surface area contributed by atoms with Gasteiger partial charge >= 0.3 is 0 Å². The number of hydrogen-bond acceptors (Lipinski definition) is 5. The van der Waals surface area contributed by atoms with Crippen molar-refractivity contribution in [1.82, 2.24) is 4.98 Å². The lowest BCUT2D eigenvalue weighted by atomic mass is 10.2. The summed E-state index contributed by atoms with van der Waals surface area (Å²) >= 11 is 1.73. The van der Waals surface area contributed by atoms with Gasteiger partial charge in [-0.05, 0) is 19.1 Å². The number of nitrogen functional groups attached to an aromatic ring is 1. The normalized spacial score (nSPS) is 15.8. The first-order chi connectivity index (χ1) is 9.24. The summed E-state index contributed by atoms with van der Waals surface area (Å²) in [6.45, 7) is 6.03. The Labute approximate surface area is 117 Å². The van der Waals surface area contributed by atoms with Crippen LogP contribution < -0.4 is 15.5 Å². The van der Waals surface area contributed by atoms with Crippen molar-refractivity contribution >= 4 is 27.8 Å². The number of aryl methyl sites for hydroxylation is 1. The van der Waals surface area contributed by atoms with Gasteiger partial charge in [-0.1, -0.05) is 12.1 Å². The van der Waals surface area contributed by atoms with Crippen LogP contribution in [0.4, 0.5) is 16.5 Å². The molecule has 0 radical (unpaired) electrons. The molecule has 2 aromatic rings. The zero-order valence-corrected chi connectivity index (χ0v) is 11.9. The van der Waals surface area contributed by atoms with E-state index in [4.69, 9.17) is 5.73 Å². The molecule has 19 heavy (non-hydrogen) atoms. The molecule has 1 aliphatic rings. The van der Waals surface area contributed by atoms with Gasteiger partial charge in [0, 0.05) is 31.6 Å². The number of hydrogen-bond donors (Lipinski definition) is 1. The average molecular weight is 274 g/mol. The SMILES string of the molecule is Cc1csc(N2CCN(c3ccccc3N)CC2)n1. The molecule has 1 aliphatic heterocycles. The predicted octanol–water partition coefficient (Wildman–Crippen LogP) is 2.36. The van der Waals surface area contributed by atoms with Crippen molar-refractivity contribution in [1.29, 1.82) is 0 Å². The smallest absolute Gasteiger partial charge is 0.185 e. The molecule has 0 amide bonds. The summed E-state index contributed by atoms with van der Waals surface area (Å²) in [6, 6.07) is 8.08. The zero-order valence-electron chi connectivity index (χ0n) is 11.0.